The van der Waals surface area contributed by atoms with Gasteiger partial charge in [-0.1, -0.05) is 18.2 Å². The molecule has 0 amide bonds. The van der Waals surface area contributed by atoms with Crippen LogP contribution in [0, 0.1) is 6.42 Å². The van der Waals surface area contributed by atoms with Crippen molar-refractivity contribution in [1.29, 1.82) is 0 Å². The van der Waals surface area contributed by atoms with Crippen LogP contribution in [-0.4, -0.2) is 13.1 Å². The van der Waals surface area contributed by atoms with Gasteiger partial charge in [-0.2, -0.15) is 0 Å². The molecule has 0 bridgehead atoms. The fourth-order valence-electron chi connectivity index (χ4n) is 0.628. The molecule has 1 rings (SSSR count). The van der Waals surface area contributed by atoms with E-state index in [2.05, 4.69) is 31.1 Å². The second kappa shape index (κ2) is 14.6. The van der Waals surface area contributed by atoms with Gasteiger partial charge in [-0.25, -0.2) is 4.79 Å². The van der Waals surface area contributed by atoms with Gasteiger partial charge < -0.3 is 4.74 Å². The zero-order chi connectivity index (χ0) is 10.7. The van der Waals surface area contributed by atoms with E-state index in [0.29, 0.717) is 5.57 Å². The van der Waals surface area contributed by atoms with Crippen molar-refractivity contribution in [3.8, 4) is 0 Å². The van der Waals surface area contributed by atoms with Crippen molar-refractivity contribution in [2.75, 3.05) is 7.11 Å². The van der Waals surface area contributed by atoms with Crippen molar-refractivity contribution in [3.05, 3.63) is 56.5 Å². The number of rotatable bonds is 1. The fourth-order valence-corrected chi connectivity index (χ4v) is 0.628. The summed E-state index contributed by atoms with van der Waals surface area (Å²) in [6.45, 7) is 12.0. The minimum Gasteiger partial charge on any atom is -0.465 e. The maximum atomic E-state index is 10.7. The molecule has 2 radical (unpaired) electrons. The van der Waals surface area contributed by atoms with E-state index in [4.69, 9.17) is 0 Å². The van der Waals surface area contributed by atoms with Gasteiger partial charge in [0.15, 0.2) is 0 Å². The van der Waals surface area contributed by atoms with E-state index in [-0.39, 0.29) is 25.4 Å². The maximum Gasteiger partial charge on any atom is 0.337 e. The summed E-state index contributed by atoms with van der Waals surface area (Å²) in [4.78, 5) is 10.7. The van der Waals surface area contributed by atoms with Crippen molar-refractivity contribution in [3.63, 3.8) is 0 Å². The number of esters is 1. The Morgan fingerprint density at radius 2 is 1.79 bits per heavy atom. The van der Waals surface area contributed by atoms with Gasteiger partial charge in [-0.05, 0) is 0 Å². The van der Waals surface area contributed by atoms with Crippen molar-refractivity contribution < 1.29 is 29.0 Å². The molecule has 2 nitrogen and oxygen atoms in total. The van der Waals surface area contributed by atoms with Crippen molar-refractivity contribution in [2.24, 2.45) is 0 Å². The van der Waals surface area contributed by atoms with E-state index in [0.717, 1.165) is 0 Å². The Balaban J connectivity index is -0.000000216. The molecule has 0 heterocycles. The molecule has 0 atom stereocenters. The molecule has 0 unspecified atom stereocenters. The summed E-state index contributed by atoms with van der Waals surface area (Å²) in [5.41, 5.74) is 0.609. The monoisotopic (exact) mass is 282 g/mol. The molecule has 0 aromatic rings. The summed E-state index contributed by atoms with van der Waals surface area (Å²) in [6, 6.07) is 0. The first kappa shape index (κ1) is 18.8. The predicted molar refractivity (Wildman–Crippen MR) is 56.0 cm³/mol. The number of carbonyl (C=O) groups excluding carboxylic acids is 1. The van der Waals surface area contributed by atoms with Crippen LogP contribution in [-0.2, 0) is 29.0 Å². The molecule has 80 valence electrons. The molecule has 0 spiro atoms. The molecule has 14 heavy (non-hydrogen) atoms. The van der Waals surface area contributed by atoms with Crippen molar-refractivity contribution in [1.82, 2.24) is 0 Å². The topological polar surface area (TPSA) is 26.3 Å². The van der Waals surface area contributed by atoms with Gasteiger partial charge in [0, 0.05) is 25.9 Å². The third-order valence-corrected chi connectivity index (χ3v) is 1.08. The van der Waals surface area contributed by atoms with Crippen LogP contribution < -0.4 is 0 Å². The molecule has 1 aliphatic carbocycles. The van der Waals surface area contributed by atoms with Crippen LogP contribution in [0.15, 0.2) is 50.1 Å². The van der Waals surface area contributed by atoms with Crippen LogP contribution >= 0.6 is 0 Å². The van der Waals surface area contributed by atoms with E-state index >= 15 is 0 Å². The van der Waals surface area contributed by atoms with Crippen LogP contribution in [0.3, 0.4) is 0 Å². The first-order valence-corrected chi connectivity index (χ1v) is 3.64. The molecule has 3 heteroatoms. The number of allylic oxidation sites excluding steroid dienone is 2. The Hall–Kier alpha value is -0.947. The van der Waals surface area contributed by atoms with Crippen LogP contribution in [0.2, 0.25) is 0 Å². The van der Waals surface area contributed by atoms with E-state index in [1.165, 1.54) is 7.11 Å². The zero-order valence-corrected chi connectivity index (χ0v) is 9.93. The zero-order valence-electron chi connectivity index (χ0n) is 8.29. The van der Waals surface area contributed by atoms with Crippen LogP contribution in [0.1, 0.15) is 0 Å². The maximum absolute atomic E-state index is 10.7. The van der Waals surface area contributed by atoms with E-state index in [1.54, 1.807) is 24.6 Å². The summed E-state index contributed by atoms with van der Waals surface area (Å²) in [7, 11) is 1.37. The second-order valence-electron chi connectivity index (χ2n) is 1.67. The number of carbonyl (C=O) groups is 1. The predicted octanol–water partition coefficient (Wildman–Crippen LogP) is 2.46. The van der Waals surface area contributed by atoms with E-state index < -0.39 is 0 Å². The first-order chi connectivity index (χ1) is 6.34. The summed E-state index contributed by atoms with van der Waals surface area (Å²) in [6.07, 6.45) is 7.02. The minimum absolute atomic E-state index is 0. The average molecular weight is 282 g/mol. The molecule has 0 N–H and O–H groups in total. The first-order valence-electron chi connectivity index (χ1n) is 3.64. The van der Waals surface area contributed by atoms with Crippen LogP contribution in [0.5, 0.6) is 0 Å². The summed E-state index contributed by atoms with van der Waals surface area (Å²) < 4.78 is 4.46. The van der Waals surface area contributed by atoms with Crippen LogP contribution in [0.25, 0.3) is 0 Å². The molecule has 0 saturated carbocycles. The fraction of sp³-hybridized carbons (Fsp3) is 0.0909. The van der Waals surface area contributed by atoms with Gasteiger partial charge in [-0.3, -0.25) is 0 Å². The molecule has 0 fully saturated rings. The van der Waals surface area contributed by atoms with Crippen molar-refractivity contribution >= 4 is 5.97 Å². The second-order valence-corrected chi connectivity index (χ2v) is 1.67. The standard InChI is InChI=1S/C7H7O2.2C2H4.Rh/c1-9-7(8)6-4-2-3-5-6;2*1-2;/h2-5H,1H3;2*1-2H2;. The largest absolute Gasteiger partial charge is 0.465 e. The third-order valence-electron chi connectivity index (χ3n) is 1.08. The Bertz CT molecular complexity index is 205. The number of hydrogen-bond donors (Lipinski definition) is 0. The Kier molecular flexibility index (Phi) is 19.5. The Labute approximate surface area is 98.8 Å². The summed E-state index contributed by atoms with van der Waals surface area (Å²) in [5, 5.41) is 0. The molecule has 0 saturated heterocycles. The minimum atomic E-state index is -0.278. The molecule has 1 aliphatic rings. The van der Waals surface area contributed by atoms with Gasteiger partial charge >= 0.3 is 5.97 Å². The molecule has 0 aromatic carbocycles. The summed E-state index contributed by atoms with van der Waals surface area (Å²) >= 11 is 0. The molecular weight excluding hydrogens is 267 g/mol. The van der Waals surface area contributed by atoms with Gasteiger partial charge in [0.25, 0.3) is 0 Å². The number of methoxy groups -OCH3 is 1. The molecule has 0 aromatic heterocycles. The third kappa shape index (κ3) is 7.69. The average Bonchev–Trinajstić information content (AvgIpc) is 2.76. The quantitative estimate of drug-likeness (QED) is 0.419. The van der Waals surface area contributed by atoms with Crippen molar-refractivity contribution in [2.45, 2.75) is 0 Å². The Morgan fingerprint density at radius 1 is 1.29 bits per heavy atom. The number of ether oxygens (including phenoxy) is 1. The molecule has 0 aliphatic heterocycles. The van der Waals surface area contributed by atoms with Crippen LogP contribution in [0.4, 0.5) is 0 Å². The van der Waals surface area contributed by atoms with Gasteiger partial charge in [0.2, 0.25) is 0 Å². The normalized spacial score (nSPS) is 10.5. The SMILES string of the molecule is C=C.C=C.COC(=O)C1=C[CH]C=C1.[Rh]. The Morgan fingerprint density at radius 3 is 2.07 bits per heavy atom. The van der Waals surface area contributed by atoms with Gasteiger partial charge in [0.1, 0.15) is 0 Å². The van der Waals surface area contributed by atoms with Gasteiger partial charge in [-0.15, -0.1) is 26.3 Å². The smallest absolute Gasteiger partial charge is 0.337 e. The summed E-state index contributed by atoms with van der Waals surface area (Å²) in [5.74, 6) is -0.278. The van der Waals surface area contributed by atoms with E-state index in [1.807, 2.05) is 0 Å². The number of hydrogen-bond acceptors (Lipinski definition) is 2. The van der Waals surface area contributed by atoms with Gasteiger partial charge in [0.05, 0.1) is 12.7 Å². The van der Waals surface area contributed by atoms with E-state index in [9.17, 15) is 4.79 Å². The molecular formula is C11H15O2Rh.